The molecule has 98 valence electrons. The van der Waals surface area contributed by atoms with Crippen molar-refractivity contribution in [1.82, 2.24) is 5.32 Å². The molecule has 2 atom stereocenters. The quantitative estimate of drug-likeness (QED) is 0.676. The second-order valence-corrected chi connectivity index (χ2v) is 7.25. The van der Waals surface area contributed by atoms with Crippen molar-refractivity contribution in [1.29, 1.82) is 0 Å². The summed E-state index contributed by atoms with van der Waals surface area (Å²) in [7, 11) is 0. The molecule has 0 aliphatic carbocycles. The van der Waals surface area contributed by atoms with E-state index in [9.17, 15) is 0 Å². The van der Waals surface area contributed by atoms with Gasteiger partial charge in [-0.15, -0.1) is 11.3 Å². The van der Waals surface area contributed by atoms with Crippen molar-refractivity contribution >= 4 is 43.2 Å². The molecule has 0 amide bonds. The number of hydrogen-bond donors (Lipinski definition) is 3. The number of thiophene rings is 1. The van der Waals surface area contributed by atoms with Crippen LogP contribution in [0, 0.1) is 0 Å². The Kier molecular flexibility index (Phi) is 7.21. The van der Waals surface area contributed by atoms with Crippen LogP contribution in [0.2, 0.25) is 0 Å². The maximum Gasteiger partial charge on any atom is 0.0843 e. The van der Waals surface area contributed by atoms with Crippen molar-refractivity contribution in [2.24, 2.45) is 5.73 Å². The van der Waals surface area contributed by atoms with E-state index >= 15 is 0 Å². The fourth-order valence-electron chi connectivity index (χ4n) is 1.63. The molecule has 0 fully saturated rings. The van der Waals surface area contributed by atoms with Crippen molar-refractivity contribution in [3.05, 3.63) is 19.2 Å². The molecule has 0 radical (unpaired) electrons. The van der Waals surface area contributed by atoms with E-state index in [1.807, 2.05) is 0 Å². The average Bonchev–Trinajstić information content (AvgIpc) is 2.63. The van der Waals surface area contributed by atoms with E-state index in [2.05, 4.69) is 50.2 Å². The lowest BCUT2D eigenvalue weighted by Crippen LogP contribution is -2.34. The molecule has 4 N–H and O–H groups in total. The second kappa shape index (κ2) is 7.86. The predicted octanol–water partition coefficient (Wildman–Crippen LogP) is 3.02. The smallest absolute Gasteiger partial charge is 0.0843 e. The fraction of sp³-hybridized carbons (Fsp3) is 0.636. The Hall–Kier alpha value is 0.540. The van der Waals surface area contributed by atoms with Gasteiger partial charge in [0.05, 0.1) is 9.83 Å². The number of aliphatic hydroxyl groups excluding tert-OH is 1. The van der Waals surface area contributed by atoms with E-state index in [1.165, 1.54) is 4.88 Å². The van der Waals surface area contributed by atoms with Crippen LogP contribution < -0.4 is 11.1 Å². The SMILES string of the molecule is CC(CCCO)NC(CN)c1cc(Br)c(Br)s1. The Morgan fingerprint density at radius 2 is 2.24 bits per heavy atom. The number of halogens is 2. The van der Waals surface area contributed by atoms with E-state index in [0.717, 1.165) is 21.1 Å². The summed E-state index contributed by atoms with van der Waals surface area (Å²) in [6.07, 6.45) is 1.78. The lowest BCUT2D eigenvalue weighted by molar-refractivity contribution is 0.274. The van der Waals surface area contributed by atoms with E-state index in [4.69, 9.17) is 10.8 Å². The zero-order chi connectivity index (χ0) is 12.8. The largest absolute Gasteiger partial charge is 0.396 e. The lowest BCUT2D eigenvalue weighted by Gasteiger charge is -2.21. The highest BCUT2D eigenvalue weighted by molar-refractivity contribution is 9.13. The molecule has 2 unspecified atom stereocenters. The molecule has 1 aromatic rings. The van der Waals surface area contributed by atoms with E-state index in [1.54, 1.807) is 11.3 Å². The molecular weight excluding hydrogens is 368 g/mol. The van der Waals surface area contributed by atoms with Crippen LogP contribution in [0.3, 0.4) is 0 Å². The first kappa shape index (κ1) is 15.6. The van der Waals surface area contributed by atoms with Crippen molar-refractivity contribution in [2.75, 3.05) is 13.2 Å². The molecule has 1 heterocycles. The average molecular weight is 386 g/mol. The van der Waals surface area contributed by atoms with Crippen molar-refractivity contribution < 1.29 is 5.11 Å². The summed E-state index contributed by atoms with van der Waals surface area (Å²) in [4.78, 5) is 1.22. The first-order valence-corrected chi connectivity index (χ1v) is 8.00. The van der Waals surface area contributed by atoms with Gasteiger partial charge in [0.25, 0.3) is 0 Å². The predicted molar refractivity (Wildman–Crippen MR) is 80.4 cm³/mol. The highest BCUT2D eigenvalue weighted by Crippen LogP contribution is 2.35. The zero-order valence-corrected chi connectivity index (χ0v) is 13.7. The van der Waals surface area contributed by atoms with Crippen LogP contribution in [0.5, 0.6) is 0 Å². The molecule has 1 rings (SSSR count). The topological polar surface area (TPSA) is 58.3 Å². The number of rotatable bonds is 7. The van der Waals surface area contributed by atoms with E-state index in [0.29, 0.717) is 12.6 Å². The summed E-state index contributed by atoms with van der Waals surface area (Å²) in [5.74, 6) is 0. The summed E-state index contributed by atoms with van der Waals surface area (Å²) in [6.45, 7) is 2.94. The standard InChI is InChI=1S/C11H18Br2N2OS/c1-7(3-2-4-16)15-9(6-14)10-5-8(12)11(13)17-10/h5,7,9,15-16H,2-4,6,14H2,1H3. The molecule has 0 saturated carbocycles. The summed E-state index contributed by atoms with van der Waals surface area (Å²) in [6, 6.07) is 2.63. The van der Waals surface area contributed by atoms with Gasteiger partial charge in [-0.05, 0) is 57.7 Å². The van der Waals surface area contributed by atoms with Gasteiger partial charge in [0.15, 0.2) is 0 Å². The normalized spacial score (nSPS) is 14.9. The first-order chi connectivity index (χ1) is 8.08. The van der Waals surface area contributed by atoms with Crippen molar-refractivity contribution in [3.63, 3.8) is 0 Å². The molecule has 1 aromatic heterocycles. The highest BCUT2D eigenvalue weighted by Gasteiger charge is 2.16. The molecule has 0 bridgehead atoms. The molecule has 17 heavy (non-hydrogen) atoms. The molecule has 0 aromatic carbocycles. The van der Waals surface area contributed by atoms with Gasteiger partial charge < -0.3 is 16.2 Å². The summed E-state index contributed by atoms with van der Waals surface area (Å²) in [5, 5.41) is 12.3. The van der Waals surface area contributed by atoms with Gasteiger partial charge in [0.1, 0.15) is 0 Å². The Bertz CT molecular complexity index is 327. The maximum absolute atomic E-state index is 8.80. The van der Waals surface area contributed by atoms with Gasteiger partial charge in [-0.3, -0.25) is 0 Å². The number of hydrogen-bond acceptors (Lipinski definition) is 4. The van der Waals surface area contributed by atoms with Gasteiger partial charge in [-0.2, -0.15) is 0 Å². The molecule has 0 spiro atoms. The van der Waals surface area contributed by atoms with Crippen LogP contribution >= 0.6 is 43.2 Å². The summed E-state index contributed by atoms with van der Waals surface area (Å²) >= 11 is 8.67. The molecule has 0 aliphatic rings. The zero-order valence-electron chi connectivity index (χ0n) is 9.75. The molecule has 6 heteroatoms. The van der Waals surface area contributed by atoms with Gasteiger partial charge >= 0.3 is 0 Å². The number of nitrogens with two attached hydrogens (primary N) is 1. The van der Waals surface area contributed by atoms with Gasteiger partial charge in [-0.25, -0.2) is 0 Å². The third-order valence-corrected chi connectivity index (χ3v) is 5.89. The van der Waals surface area contributed by atoms with E-state index in [-0.39, 0.29) is 12.6 Å². The number of aliphatic hydroxyl groups is 1. The Balaban J connectivity index is 2.59. The molecule has 3 nitrogen and oxygen atoms in total. The minimum absolute atomic E-state index is 0.177. The number of nitrogens with one attached hydrogen (secondary N) is 1. The highest BCUT2D eigenvalue weighted by atomic mass is 79.9. The Labute approximate surface area is 123 Å². The Morgan fingerprint density at radius 1 is 1.53 bits per heavy atom. The van der Waals surface area contributed by atoms with E-state index < -0.39 is 0 Å². The lowest BCUT2D eigenvalue weighted by atomic mass is 10.1. The fourth-order valence-corrected chi connectivity index (χ4v) is 3.79. The van der Waals surface area contributed by atoms with Crippen molar-refractivity contribution in [3.8, 4) is 0 Å². The van der Waals surface area contributed by atoms with Gasteiger partial charge in [0.2, 0.25) is 0 Å². The van der Waals surface area contributed by atoms with Crippen LogP contribution in [0.4, 0.5) is 0 Å². The van der Waals surface area contributed by atoms with Crippen LogP contribution in [-0.4, -0.2) is 24.3 Å². The van der Waals surface area contributed by atoms with Gasteiger partial charge in [0, 0.05) is 28.5 Å². The van der Waals surface area contributed by atoms with Crippen LogP contribution in [0.1, 0.15) is 30.7 Å². The van der Waals surface area contributed by atoms with Crippen LogP contribution in [0.15, 0.2) is 14.3 Å². The molecule has 0 saturated heterocycles. The minimum atomic E-state index is 0.177. The minimum Gasteiger partial charge on any atom is -0.396 e. The monoisotopic (exact) mass is 384 g/mol. The molecular formula is C11H18Br2N2OS. The van der Waals surface area contributed by atoms with Crippen molar-refractivity contribution in [2.45, 2.75) is 31.8 Å². The third kappa shape index (κ3) is 4.96. The van der Waals surface area contributed by atoms with Gasteiger partial charge in [-0.1, -0.05) is 0 Å². The first-order valence-electron chi connectivity index (χ1n) is 5.60. The maximum atomic E-state index is 8.80. The van der Waals surface area contributed by atoms with Crippen LogP contribution in [-0.2, 0) is 0 Å². The molecule has 0 aliphatic heterocycles. The summed E-state index contributed by atoms with van der Waals surface area (Å²) in [5.41, 5.74) is 5.81. The summed E-state index contributed by atoms with van der Waals surface area (Å²) < 4.78 is 2.16. The Morgan fingerprint density at radius 3 is 2.71 bits per heavy atom. The third-order valence-electron chi connectivity index (χ3n) is 2.52. The second-order valence-electron chi connectivity index (χ2n) is 3.99. The van der Waals surface area contributed by atoms with Crippen LogP contribution in [0.25, 0.3) is 0 Å².